The molecule has 0 aliphatic heterocycles. The molecule has 2 aromatic rings. The van der Waals surface area contributed by atoms with Crippen LogP contribution in [0.1, 0.15) is 11.3 Å². The summed E-state index contributed by atoms with van der Waals surface area (Å²) in [6.07, 6.45) is 3.15. The summed E-state index contributed by atoms with van der Waals surface area (Å²) >= 11 is 0. The molecule has 18 heavy (non-hydrogen) atoms. The fourth-order valence-corrected chi connectivity index (χ4v) is 2.30. The van der Waals surface area contributed by atoms with Crippen molar-refractivity contribution in [1.82, 2.24) is 0 Å². The molecule has 2 rings (SSSR count). The highest BCUT2D eigenvalue weighted by Gasteiger charge is 2.07. The van der Waals surface area contributed by atoms with E-state index >= 15 is 0 Å². The van der Waals surface area contributed by atoms with Crippen LogP contribution in [0.2, 0.25) is 0 Å². The summed E-state index contributed by atoms with van der Waals surface area (Å²) in [6, 6.07) is 12.8. The topological polar surface area (TPSA) is 59.6 Å². The lowest BCUT2D eigenvalue weighted by Crippen LogP contribution is -2.05. The summed E-state index contributed by atoms with van der Waals surface area (Å²) in [5.74, 6) is 0.423. The molecule has 1 aromatic carbocycles. The van der Waals surface area contributed by atoms with Gasteiger partial charge in [0, 0.05) is 0 Å². The van der Waals surface area contributed by atoms with Gasteiger partial charge in [0.1, 0.15) is 5.76 Å². The lowest BCUT2D eigenvalue weighted by atomic mass is 10.2. The quantitative estimate of drug-likeness (QED) is 0.777. The van der Waals surface area contributed by atoms with Crippen LogP contribution in [0.3, 0.4) is 0 Å². The second-order valence-electron chi connectivity index (χ2n) is 3.77. The molecule has 5 heteroatoms. The molecule has 0 bridgehead atoms. The fraction of sp³-hybridized carbons (Fsp3) is 0.154. The maximum absolute atomic E-state index is 11.7. The Hall–Kier alpha value is -1.88. The van der Waals surface area contributed by atoms with Crippen molar-refractivity contribution >= 4 is 16.2 Å². The highest BCUT2D eigenvalue weighted by atomic mass is 32.2. The molecule has 0 N–H and O–H groups in total. The Morgan fingerprint density at radius 2 is 1.89 bits per heavy atom. The van der Waals surface area contributed by atoms with Crippen LogP contribution in [0.4, 0.5) is 0 Å². The number of hydrogen-bond donors (Lipinski definition) is 0. The zero-order valence-electron chi connectivity index (χ0n) is 9.69. The smallest absolute Gasteiger partial charge is 0.253 e. The average Bonchev–Trinajstić information content (AvgIpc) is 2.89. The third-order valence-electron chi connectivity index (χ3n) is 2.38. The van der Waals surface area contributed by atoms with Gasteiger partial charge < -0.3 is 4.42 Å². The lowest BCUT2D eigenvalue weighted by molar-refractivity contribution is 0.560. The number of hydrogen-bond acceptors (Lipinski definition) is 3. The molecular formula is C13H13NO3S. The summed E-state index contributed by atoms with van der Waals surface area (Å²) in [5, 5.41) is 0. The molecule has 1 aromatic heterocycles. The molecular weight excluding hydrogens is 250 g/mol. The Labute approximate surface area is 106 Å². The van der Waals surface area contributed by atoms with E-state index < -0.39 is 10.0 Å². The van der Waals surface area contributed by atoms with Gasteiger partial charge in [0.15, 0.2) is 0 Å². The van der Waals surface area contributed by atoms with Crippen LogP contribution < -0.4 is 0 Å². The van der Waals surface area contributed by atoms with Gasteiger partial charge in [0.2, 0.25) is 0 Å². The van der Waals surface area contributed by atoms with Crippen LogP contribution >= 0.6 is 0 Å². The van der Waals surface area contributed by atoms with Crippen molar-refractivity contribution in [2.75, 3.05) is 5.75 Å². The number of nitrogens with zero attached hydrogens (tertiary/aromatic N) is 1. The van der Waals surface area contributed by atoms with Gasteiger partial charge in [-0.2, -0.15) is 4.40 Å². The van der Waals surface area contributed by atoms with Gasteiger partial charge in [0.25, 0.3) is 10.0 Å². The first-order chi connectivity index (χ1) is 8.66. The van der Waals surface area contributed by atoms with Gasteiger partial charge in [-0.15, -0.1) is 0 Å². The standard InChI is InChI=1S/C13H13NO3S/c15-18(16,14-11-13-7-4-9-17-13)10-8-12-5-2-1-3-6-12/h1-7,9,11H,8,10H2/b14-11+. The van der Waals surface area contributed by atoms with E-state index in [9.17, 15) is 8.42 Å². The van der Waals surface area contributed by atoms with Crippen LogP contribution in [0.5, 0.6) is 0 Å². The van der Waals surface area contributed by atoms with Gasteiger partial charge in [-0.3, -0.25) is 0 Å². The largest absolute Gasteiger partial charge is 0.463 e. The van der Waals surface area contributed by atoms with Gasteiger partial charge in [-0.1, -0.05) is 30.3 Å². The Morgan fingerprint density at radius 1 is 1.11 bits per heavy atom. The molecule has 0 unspecified atom stereocenters. The van der Waals surface area contributed by atoms with Crippen LogP contribution in [-0.2, 0) is 16.4 Å². The fourth-order valence-electron chi connectivity index (χ4n) is 1.44. The Kier molecular flexibility index (Phi) is 3.94. The van der Waals surface area contributed by atoms with Crippen LogP contribution in [0.15, 0.2) is 57.5 Å². The number of rotatable bonds is 5. The van der Waals surface area contributed by atoms with Gasteiger partial charge >= 0.3 is 0 Å². The van der Waals surface area contributed by atoms with E-state index in [1.54, 1.807) is 12.1 Å². The molecule has 0 saturated heterocycles. The molecule has 4 nitrogen and oxygen atoms in total. The maximum atomic E-state index is 11.7. The SMILES string of the molecule is O=S(=O)(CCc1ccccc1)/N=C/c1ccco1. The van der Waals surface area contributed by atoms with Crippen LogP contribution in [0.25, 0.3) is 0 Å². The summed E-state index contributed by atoms with van der Waals surface area (Å²) in [6.45, 7) is 0. The number of sulfonamides is 1. The number of aryl methyl sites for hydroxylation is 1. The van der Waals surface area contributed by atoms with Crippen LogP contribution in [0, 0.1) is 0 Å². The number of furan rings is 1. The van der Waals surface area contributed by atoms with E-state index in [0.717, 1.165) is 5.56 Å². The van der Waals surface area contributed by atoms with Crippen LogP contribution in [-0.4, -0.2) is 20.4 Å². The maximum Gasteiger partial charge on any atom is 0.253 e. The molecule has 0 aliphatic carbocycles. The van der Waals surface area contributed by atoms with E-state index in [-0.39, 0.29) is 5.75 Å². The Balaban J connectivity index is 1.96. The van der Waals surface area contributed by atoms with E-state index in [1.807, 2.05) is 30.3 Å². The minimum atomic E-state index is -3.45. The second-order valence-corrected chi connectivity index (χ2v) is 5.55. The van der Waals surface area contributed by atoms with Crippen molar-refractivity contribution in [3.8, 4) is 0 Å². The van der Waals surface area contributed by atoms with Crippen molar-refractivity contribution in [3.05, 3.63) is 60.1 Å². The summed E-state index contributed by atoms with van der Waals surface area (Å²) in [4.78, 5) is 0. The minimum absolute atomic E-state index is 0.00573. The molecule has 0 radical (unpaired) electrons. The number of benzene rings is 1. The van der Waals surface area contributed by atoms with Crippen molar-refractivity contribution in [2.24, 2.45) is 4.40 Å². The van der Waals surface area contributed by atoms with Gasteiger partial charge in [-0.25, -0.2) is 8.42 Å². The Bertz CT molecular complexity index is 601. The highest BCUT2D eigenvalue weighted by molar-refractivity contribution is 7.90. The third-order valence-corrected chi connectivity index (χ3v) is 3.52. The minimum Gasteiger partial charge on any atom is -0.463 e. The third kappa shape index (κ3) is 3.85. The summed E-state index contributed by atoms with van der Waals surface area (Å²) < 4.78 is 31.9. The lowest BCUT2D eigenvalue weighted by Gasteiger charge is -1.99. The van der Waals surface area contributed by atoms with E-state index in [0.29, 0.717) is 12.2 Å². The van der Waals surface area contributed by atoms with Gasteiger partial charge in [-0.05, 0) is 24.1 Å². The molecule has 0 amide bonds. The van der Waals surface area contributed by atoms with E-state index in [2.05, 4.69) is 4.40 Å². The van der Waals surface area contributed by atoms with Gasteiger partial charge in [0.05, 0.1) is 18.2 Å². The normalized spacial score (nSPS) is 12.0. The molecule has 0 spiro atoms. The summed E-state index contributed by atoms with van der Waals surface area (Å²) in [7, 11) is -3.45. The predicted molar refractivity (Wildman–Crippen MR) is 70.2 cm³/mol. The van der Waals surface area contributed by atoms with Crippen molar-refractivity contribution in [1.29, 1.82) is 0 Å². The zero-order valence-corrected chi connectivity index (χ0v) is 10.5. The predicted octanol–water partition coefficient (Wildman–Crippen LogP) is 2.27. The van der Waals surface area contributed by atoms with E-state index in [4.69, 9.17) is 4.42 Å². The second kappa shape index (κ2) is 5.64. The molecule has 0 atom stereocenters. The first-order valence-corrected chi connectivity index (χ1v) is 7.12. The highest BCUT2D eigenvalue weighted by Crippen LogP contribution is 2.04. The zero-order chi connectivity index (χ0) is 12.8. The molecule has 1 heterocycles. The molecule has 0 fully saturated rings. The Morgan fingerprint density at radius 3 is 2.56 bits per heavy atom. The molecule has 0 aliphatic rings. The first-order valence-electron chi connectivity index (χ1n) is 5.51. The first kappa shape index (κ1) is 12.6. The van der Waals surface area contributed by atoms with Crippen molar-refractivity contribution in [2.45, 2.75) is 6.42 Å². The monoisotopic (exact) mass is 263 g/mol. The van der Waals surface area contributed by atoms with E-state index in [1.165, 1.54) is 12.5 Å². The molecule has 0 saturated carbocycles. The average molecular weight is 263 g/mol. The molecule has 94 valence electrons. The van der Waals surface area contributed by atoms with Crippen molar-refractivity contribution < 1.29 is 12.8 Å². The van der Waals surface area contributed by atoms with Crippen molar-refractivity contribution in [3.63, 3.8) is 0 Å². The summed E-state index contributed by atoms with van der Waals surface area (Å²) in [5.41, 5.74) is 0.981.